The lowest BCUT2D eigenvalue weighted by molar-refractivity contribution is 0.190. The van der Waals surface area contributed by atoms with E-state index in [0.717, 1.165) is 56.3 Å². The molecule has 39 heavy (non-hydrogen) atoms. The van der Waals surface area contributed by atoms with Crippen molar-refractivity contribution in [3.63, 3.8) is 0 Å². The van der Waals surface area contributed by atoms with Crippen LogP contribution < -0.4 is 19.5 Å². The lowest BCUT2D eigenvalue weighted by Gasteiger charge is -2.14. The number of benzene rings is 1. The molecule has 0 spiro atoms. The molecule has 5 aromatic rings. The molecule has 1 aromatic carbocycles. The summed E-state index contributed by atoms with van der Waals surface area (Å²) in [5.41, 5.74) is 5.08. The summed E-state index contributed by atoms with van der Waals surface area (Å²) in [6.07, 6.45) is 6.74. The Hall–Kier alpha value is -3.90. The number of halogens is 1. The molecule has 0 atom stereocenters. The topological polar surface area (TPSA) is 110 Å². The van der Waals surface area contributed by atoms with Crippen molar-refractivity contribution in [3.05, 3.63) is 47.0 Å². The Balaban J connectivity index is 1.56. The molecule has 0 aliphatic carbocycles. The van der Waals surface area contributed by atoms with Gasteiger partial charge in [-0.05, 0) is 46.1 Å². The van der Waals surface area contributed by atoms with Crippen molar-refractivity contribution >= 4 is 43.8 Å². The largest absolute Gasteiger partial charge is 0.493 e. The third-order valence-corrected chi connectivity index (χ3v) is 6.82. The molecule has 0 saturated carbocycles. The maximum absolute atomic E-state index is 5.50. The van der Waals surface area contributed by atoms with Gasteiger partial charge in [0, 0.05) is 51.0 Å². The molecule has 4 heterocycles. The summed E-state index contributed by atoms with van der Waals surface area (Å²) in [5, 5.41) is 9.08. The molecule has 0 aliphatic rings. The van der Waals surface area contributed by atoms with E-state index in [2.05, 4.69) is 42.1 Å². The number of pyridine rings is 1. The van der Waals surface area contributed by atoms with Crippen molar-refractivity contribution in [1.82, 2.24) is 29.3 Å². The third kappa shape index (κ3) is 5.34. The fourth-order valence-electron chi connectivity index (χ4n) is 4.62. The van der Waals surface area contributed by atoms with Crippen LogP contribution in [0.1, 0.15) is 12.0 Å². The molecule has 0 amide bonds. The van der Waals surface area contributed by atoms with Crippen molar-refractivity contribution in [1.29, 1.82) is 0 Å². The van der Waals surface area contributed by atoms with Crippen LogP contribution in [0, 0.1) is 0 Å². The number of anilines is 1. The Morgan fingerprint density at radius 1 is 0.974 bits per heavy atom. The molecule has 0 bridgehead atoms. The summed E-state index contributed by atoms with van der Waals surface area (Å²) < 4.78 is 26.4. The van der Waals surface area contributed by atoms with Gasteiger partial charge in [0.15, 0.2) is 11.5 Å². The highest BCUT2D eigenvalue weighted by Crippen LogP contribution is 2.39. The van der Waals surface area contributed by atoms with E-state index < -0.39 is 0 Å². The quantitative estimate of drug-likeness (QED) is 0.170. The Bertz CT molecular complexity index is 1610. The highest BCUT2D eigenvalue weighted by Gasteiger charge is 2.20. The van der Waals surface area contributed by atoms with Gasteiger partial charge in [0.1, 0.15) is 21.3 Å². The first-order valence-electron chi connectivity index (χ1n) is 12.3. The van der Waals surface area contributed by atoms with E-state index in [0.29, 0.717) is 36.3 Å². The van der Waals surface area contributed by atoms with Crippen molar-refractivity contribution < 1.29 is 18.9 Å². The number of ether oxygens (including phenoxy) is 4. The Kier molecular flexibility index (Phi) is 7.84. The molecule has 0 radical (unpaired) electrons. The lowest BCUT2D eigenvalue weighted by Crippen LogP contribution is -2.06. The van der Waals surface area contributed by atoms with Crippen molar-refractivity contribution in [3.8, 4) is 28.5 Å². The Labute approximate surface area is 234 Å². The predicted octanol–water partition coefficient (Wildman–Crippen LogP) is 4.82. The molecular weight excluding hydrogens is 566 g/mol. The van der Waals surface area contributed by atoms with Gasteiger partial charge in [-0.15, -0.1) is 0 Å². The van der Waals surface area contributed by atoms with Crippen molar-refractivity contribution in [2.75, 3.05) is 40.4 Å². The second-order valence-corrected chi connectivity index (χ2v) is 9.74. The highest BCUT2D eigenvalue weighted by atomic mass is 79.9. The van der Waals surface area contributed by atoms with Crippen LogP contribution in [0.3, 0.4) is 0 Å². The van der Waals surface area contributed by atoms with Crippen LogP contribution in [-0.2, 0) is 24.9 Å². The predicted molar refractivity (Wildman–Crippen MR) is 153 cm³/mol. The molecule has 0 fully saturated rings. The Morgan fingerprint density at radius 2 is 1.74 bits per heavy atom. The summed E-state index contributed by atoms with van der Waals surface area (Å²) >= 11 is 3.53. The summed E-state index contributed by atoms with van der Waals surface area (Å²) in [6.45, 7) is 1.90. The fourth-order valence-corrected chi connectivity index (χ4v) is 4.96. The molecule has 204 valence electrons. The van der Waals surface area contributed by atoms with E-state index in [1.807, 2.05) is 37.6 Å². The fraction of sp³-hybridized carbons (Fsp3) is 0.333. The van der Waals surface area contributed by atoms with Crippen LogP contribution in [0.4, 0.5) is 5.95 Å². The zero-order valence-electron chi connectivity index (χ0n) is 22.5. The number of hydrogen-bond acceptors (Lipinski definition) is 9. The molecule has 1 N–H and O–H groups in total. The average molecular weight is 596 g/mol. The van der Waals surface area contributed by atoms with Gasteiger partial charge in [-0.3, -0.25) is 4.68 Å². The number of nitrogens with zero attached hydrogens (tertiary/aromatic N) is 6. The number of aryl methyl sites for hydroxylation is 2. The molecular formula is C27H30BrN7O4. The van der Waals surface area contributed by atoms with E-state index >= 15 is 0 Å². The molecule has 12 heteroatoms. The first-order valence-corrected chi connectivity index (χ1v) is 13.1. The van der Waals surface area contributed by atoms with Gasteiger partial charge in [-0.25, -0.2) is 15.0 Å². The lowest BCUT2D eigenvalue weighted by atomic mass is 10.1. The van der Waals surface area contributed by atoms with Gasteiger partial charge in [-0.2, -0.15) is 5.10 Å². The summed E-state index contributed by atoms with van der Waals surface area (Å²) in [4.78, 5) is 14.2. The molecule has 11 nitrogen and oxygen atoms in total. The van der Waals surface area contributed by atoms with Gasteiger partial charge in [0.05, 0.1) is 39.2 Å². The van der Waals surface area contributed by atoms with Gasteiger partial charge in [0.2, 0.25) is 11.7 Å². The molecule has 4 aromatic heterocycles. The number of nitrogens with one attached hydrogen (secondary N) is 1. The maximum atomic E-state index is 5.50. The number of fused-ring (bicyclic) bond motifs is 2. The normalized spacial score (nSPS) is 11.3. The van der Waals surface area contributed by atoms with Crippen LogP contribution in [0.5, 0.6) is 17.2 Å². The number of methoxy groups -OCH3 is 4. The van der Waals surface area contributed by atoms with Crippen molar-refractivity contribution in [2.45, 2.75) is 19.5 Å². The minimum absolute atomic E-state index is 0.441. The van der Waals surface area contributed by atoms with Gasteiger partial charge in [0.25, 0.3) is 0 Å². The first-order chi connectivity index (χ1) is 18.9. The maximum Gasteiger partial charge on any atom is 0.224 e. The zero-order valence-corrected chi connectivity index (χ0v) is 24.1. The summed E-state index contributed by atoms with van der Waals surface area (Å²) in [7, 11) is 8.37. The van der Waals surface area contributed by atoms with Crippen LogP contribution >= 0.6 is 15.9 Å². The van der Waals surface area contributed by atoms with Crippen LogP contribution in [0.2, 0.25) is 0 Å². The van der Waals surface area contributed by atoms with E-state index in [1.54, 1.807) is 33.1 Å². The van der Waals surface area contributed by atoms with E-state index in [4.69, 9.17) is 28.9 Å². The second-order valence-electron chi connectivity index (χ2n) is 8.93. The van der Waals surface area contributed by atoms with E-state index in [-0.39, 0.29) is 0 Å². The highest BCUT2D eigenvalue weighted by molar-refractivity contribution is 9.10. The monoisotopic (exact) mass is 595 g/mol. The molecule has 0 saturated heterocycles. The number of rotatable bonds is 11. The van der Waals surface area contributed by atoms with Crippen molar-refractivity contribution in [2.24, 2.45) is 7.05 Å². The minimum atomic E-state index is 0.441. The van der Waals surface area contributed by atoms with Gasteiger partial charge < -0.3 is 28.8 Å². The van der Waals surface area contributed by atoms with Crippen LogP contribution in [-0.4, -0.2) is 64.3 Å². The Morgan fingerprint density at radius 3 is 2.44 bits per heavy atom. The summed E-state index contributed by atoms with van der Waals surface area (Å²) in [5.74, 6) is 2.19. The first kappa shape index (κ1) is 26.7. The second kappa shape index (κ2) is 11.5. The third-order valence-electron chi connectivity index (χ3n) is 6.39. The molecule has 0 unspecified atom stereocenters. The average Bonchev–Trinajstić information content (AvgIpc) is 3.49. The minimum Gasteiger partial charge on any atom is -0.493 e. The van der Waals surface area contributed by atoms with Crippen LogP contribution in [0.15, 0.2) is 41.4 Å². The molecule has 0 aliphatic heterocycles. The van der Waals surface area contributed by atoms with Gasteiger partial charge in [-0.1, -0.05) is 0 Å². The van der Waals surface area contributed by atoms with E-state index in [1.165, 1.54) is 0 Å². The standard InChI is InChI=1S/C27H30BrN7O4/c1-34-15-19-25(33-34)24(18-14-35(7-6-8-36-2)20-13-29-23(28)11-17(18)20)32-27(31-19)30-12-16-9-21(37-3)26(39-5)22(10-16)38-4/h9-11,13-15H,6-8,12H2,1-5H3,(H,30,31). The van der Waals surface area contributed by atoms with Gasteiger partial charge >= 0.3 is 0 Å². The summed E-state index contributed by atoms with van der Waals surface area (Å²) in [6, 6.07) is 5.81. The smallest absolute Gasteiger partial charge is 0.224 e. The number of aromatic nitrogens is 6. The SMILES string of the molecule is COCCCn1cc(-c2nc(NCc3cc(OC)c(OC)c(OC)c3)nc3cn(C)nc23)c2cc(Br)ncc21. The number of hydrogen-bond donors (Lipinski definition) is 1. The van der Waals surface area contributed by atoms with Crippen LogP contribution in [0.25, 0.3) is 33.2 Å². The van der Waals surface area contributed by atoms with E-state index in [9.17, 15) is 0 Å². The molecule has 5 rings (SSSR count). The zero-order chi connectivity index (χ0) is 27.5.